The molecule has 1 saturated heterocycles. The molecule has 154 valence electrons. The topological polar surface area (TPSA) is 55.8 Å². The Morgan fingerprint density at radius 2 is 2.00 bits per heavy atom. The average molecular weight is 510 g/mol. The lowest BCUT2D eigenvalue weighted by Crippen LogP contribution is -2.31. The molecule has 2 aromatic carbocycles. The highest BCUT2D eigenvalue weighted by Crippen LogP contribution is 2.42. The van der Waals surface area contributed by atoms with Crippen molar-refractivity contribution >= 4 is 34.6 Å². The Kier molecular flexibility index (Phi) is 6.95. The van der Waals surface area contributed by atoms with Crippen molar-refractivity contribution in [1.29, 1.82) is 0 Å². The summed E-state index contributed by atoms with van der Waals surface area (Å²) in [6.45, 7) is 4.21. The van der Waals surface area contributed by atoms with Crippen LogP contribution in [0, 0.1) is 9.39 Å². The van der Waals surface area contributed by atoms with E-state index in [9.17, 15) is 14.3 Å². The normalized spacial score (nSPS) is 19.6. The summed E-state index contributed by atoms with van der Waals surface area (Å²) in [6, 6.07) is 8.40. The number of carbonyl (C=O) groups excluding carboxylic acids is 1. The van der Waals surface area contributed by atoms with Gasteiger partial charge in [0.15, 0.2) is 0 Å². The van der Waals surface area contributed by atoms with Crippen molar-refractivity contribution < 1.29 is 23.8 Å². The van der Waals surface area contributed by atoms with Crippen molar-refractivity contribution in [3.8, 4) is 16.9 Å². The first-order chi connectivity index (χ1) is 13.8. The van der Waals surface area contributed by atoms with Crippen molar-refractivity contribution in [3.63, 3.8) is 0 Å². The maximum absolute atomic E-state index is 13.5. The number of aliphatic hydroxyl groups is 1. The summed E-state index contributed by atoms with van der Waals surface area (Å²) < 4.78 is 25.5. The molecule has 0 bridgehead atoms. The van der Waals surface area contributed by atoms with Crippen LogP contribution in [-0.4, -0.2) is 30.4 Å². The molecule has 0 amide bonds. The summed E-state index contributed by atoms with van der Waals surface area (Å²) in [6.07, 6.45) is 2.94. The van der Waals surface area contributed by atoms with Crippen LogP contribution in [0.15, 0.2) is 36.4 Å². The van der Waals surface area contributed by atoms with Crippen molar-refractivity contribution in [2.24, 2.45) is 0 Å². The quantitative estimate of drug-likeness (QED) is 0.438. The van der Waals surface area contributed by atoms with Gasteiger partial charge in [-0.3, -0.25) is 4.79 Å². The monoisotopic (exact) mass is 510 g/mol. The second kappa shape index (κ2) is 9.26. The molecular weight excluding hydrogens is 486 g/mol. The highest BCUT2D eigenvalue weighted by atomic mass is 127. The van der Waals surface area contributed by atoms with E-state index < -0.39 is 18.2 Å². The van der Waals surface area contributed by atoms with Crippen LogP contribution in [0.1, 0.15) is 43.7 Å². The van der Waals surface area contributed by atoms with Gasteiger partial charge in [0.1, 0.15) is 17.7 Å². The number of benzene rings is 2. The van der Waals surface area contributed by atoms with Crippen LogP contribution in [-0.2, 0) is 9.53 Å². The van der Waals surface area contributed by atoms with E-state index in [-0.39, 0.29) is 18.2 Å². The second-order valence-corrected chi connectivity index (χ2v) is 8.57. The molecule has 1 aliphatic rings. The Labute approximate surface area is 183 Å². The number of methoxy groups -OCH3 is 1. The summed E-state index contributed by atoms with van der Waals surface area (Å²) in [7, 11) is 1.62. The minimum Gasteiger partial charge on any atom is -0.495 e. The van der Waals surface area contributed by atoms with Crippen molar-refractivity contribution in [2.45, 2.75) is 44.8 Å². The van der Waals surface area contributed by atoms with Crippen LogP contribution >= 0.6 is 22.6 Å². The standard InChI is InChI=1S/C23H24FIO4/c1-13(2)19-12-20(25)23(28-3)22(14-4-6-15(24)7-5-14)18(19)9-8-17-10-16(26)11-21(27)29-17/h4-9,12-13,16-17,26H,10-11H2,1-3H3. The van der Waals surface area contributed by atoms with Gasteiger partial charge in [-0.2, -0.15) is 0 Å². The van der Waals surface area contributed by atoms with Crippen LogP contribution in [0.2, 0.25) is 0 Å². The lowest BCUT2D eigenvalue weighted by Gasteiger charge is -2.24. The largest absolute Gasteiger partial charge is 0.495 e. The lowest BCUT2D eigenvalue weighted by atomic mass is 9.88. The summed E-state index contributed by atoms with van der Waals surface area (Å²) in [4.78, 5) is 11.7. The van der Waals surface area contributed by atoms with Crippen molar-refractivity contribution in [3.05, 3.63) is 56.9 Å². The molecule has 1 aliphatic heterocycles. The van der Waals surface area contributed by atoms with Crippen LogP contribution in [0.25, 0.3) is 17.2 Å². The molecule has 0 aliphatic carbocycles. The van der Waals surface area contributed by atoms with Crippen LogP contribution < -0.4 is 4.74 Å². The van der Waals surface area contributed by atoms with Gasteiger partial charge >= 0.3 is 5.97 Å². The minimum absolute atomic E-state index is 0.0275. The Morgan fingerprint density at radius 3 is 2.59 bits per heavy atom. The lowest BCUT2D eigenvalue weighted by molar-refractivity contribution is -0.156. The summed E-state index contributed by atoms with van der Waals surface area (Å²) in [5.74, 6) is 0.235. The fourth-order valence-corrected chi connectivity index (χ4v) is 4.38. The zero-order valence-corrected chi connectivity index (χ0v) is 18.8. The van der Waals surface area contributed by atoms with Gasteiger partial charge in [0.2, 0.25) is 0 Å². The van der Waals surface area contributed by atoms with Crippen LogP contribution in [0.4, 0.5) is 4.39 Å². The molecule has 6 heteroatoms. The van der Waals surface area contributed by atoms with E-state index in [0.29, 0.717) is 12.2 Å². The molecule has 1 N–H and O–H groups in total. The predicted octanol–water partition coefficient (Wildman–Crippen LogP) is 5.31. The van der Waals surface area contributed by atoms with Crippen molar-refractivity contribution in [2.75, 3.05) is 7.11 Å². The number of hydrogen-bond acceptors (Lipinski definition) is 4. The van der Waals surface area contributed by atoms with Crippen molar-refractivity contribution in [1.82, 2.24) is 0 Å². The fourth-order valence-electron chi connectivity index (χ4n) is 3.56. The molecule has 0 radical (unpaired) electrons. The van der Waals surface area contributed by atoms with E-state index in [0.717, 1.165) is 25.8 Å². The Balaban J connectivity index is 2.16. The highest BCUT2D eigenvalue weighted by Gasteiger charge is 2.26. The number of ether oxygens (including phenoxy) is 2. The number of aliphatic hydroxyl groups excluding tert-OH is 1. The number of cyclic esters (lactones) is 1. The van der Waals surface area contributed by atoms with Crippen LogP contribution in [0.5, 0.6) is 5.75 Å². The molecule has 2 aromatic rings. The Morgan fingerprint density at radius 1 is 1.31 bits per heavy atom. The minimum atomic E-state index is -0.696. The van der Waals surface area contributed by atoms with E-state index >= 15 is 0 Å². The Hall–Kier alpha value is -1.93. The Bertz CT molecular complexity index is 921. The third-order valence-electron chi connectivity index (χ3n) is 4.93. The van der Waals surface area contributed by atoms with E-state index in [1.165, 1.54) is 12.1 Å². The number of halogens is 2. The van der Waals surface area contributed by atoms with Crippen LogP contribution in [0.3, 0.4) is 0 Å². The van der Waals surface area contributed by atoms with Gasteiger partial charge in [-0.05, 0) is 69.5 Å². The van der Waals surface area contributed by atoms with Gasteiger partial charge < -0.3 is 14.6 Å². The first-order valence-corrected chi connectivity index (χ1v) is 10.6. The molecule has 0 spiro atoms. The molecule has 1 fully saturated rings. The third kappa shape index (κ3) is 4.98. The molecule has 4 nitrogen and oxygen atoms in total. The van der Waals surface area contributed by atoms with Gasteiger partial charge in [-0.1, -0.05) is 32.1 Å². The number of rotatable bonds is 5. The molecule has 1 heterocycles. The van der Waals surface area contributed by atoms with E-state index in [1.807, 2.05) is 6.08 Å². The van der Waals surface area contributed by atoms with Gasteiger partial charge in [0, 0.05) is 12.0 Å². The van der Waals surface area contributed by atoms with Gasteiger partial charge in [0.05, 0.1) is 23.2 Å². The second-order valence-electron chi connectivity index (χ2n) is 7.41. The van der Waals surface area contributed by atoms with E-state index in [2.05, 4.69) is 42.5 Å². The van der Waals surface area contributed by atoms with Gasteiger partial charge in [-0.15, -0.1) is 0 Å². The zero-order valence-electron chi connectivity index (χ0n) is 16.6. The first kappa shape index (κ1) is 21.8. The number of hydrogen-bond donors (Lipinski definition) is 1. The molecular formula is C23H24FIO4. The predicted molar refractivity (Wildman–Crippen MR) is 119 cm³/mol. The zero-order chi connectivity index (χ0) is 21.1. The maximum atomic E-state index is 13.5. The molecule has 0 aromatic heterocycles. The SMILES string of the molecule is COc1c(I)cc(C(C)C)c(C=CC2CC(O)CC(=O)O2)c1-c1ccc(F)cc1. The summed E-state index contributed by atoms with van der Waals surface area (Å²) >= 11 is 2.25. The smallest absolute Gasteiger partial charge is 0.309 e. The molecule has 29 heavy (non-hydrogen) atoms. The van der Waals surface area contributed by atoms with E-state index in [4.69, 9.17) is 9.47 Å². The van der Waals surface area contributed by atoms with Gasteiger partial charge in [-0.25, -0.2) is 4.39 Å². The fraction of sp³-hybridized carbons (Fsp3) is 0.348. The molecule has 2 unspecified atom stereocenters. The first-order valence-electron chi connectivity index (χ1n) is 9.52. The van der Waals surface area contributed by atoms with E-state index in [1.54, 1.807) is 25.3 Å². The summed E-state index contributed by atoms with van der Waals surface area (Å²) in [5, 5.41) is 9.88. The number of esters is 1. The highest BCUT2D eigenvalue weighted by molar-refractivity contribution is 14.1. The average Bonchev–Trinajstić information content (AvgIpc) is 2.66. The molecule has 2 atom stereocenters. The molecule has 3 rings (SSSR count). The summed E-state index contributed by atoms with van der Waals surface area (Å²) in [5.41, 5.74) is 3.74. The van der Waals surface area contributed by atoms with Gasteiger partial charge in [0.25, 0.3) is 0 Å². The number of carbonyl (C=O) groups is 1. The third-order valence-corrected chi connectivity index (χ3v) is 5.73. The molecule has 0 saturated carbocycles. The maximum Gasteiger partial charge on any atom is 0.309 e.